The van der Waals surface area contributed by atoms with Crippen LogP contribution < -0.4 is 10.6 Å². The van der Waals surface area contributed by atoms with Gasteiger partial charge in [0.25, 0.3) is 0 Å². The first kappa shape index (κ1) is 19.9. The number of phenolic OH excluding ortho intramolecular Hbond substituents is 1. The third kappa shape index (κ3) is 4.18. The average molecular weight is 384 g/mol. The Morgan fingerprint density at radius 1 is 1.29 bits per heavy atom. The standard InChI is InChI=1S/C21H28N4O3/c1-4-10-22-21(28)25-18(14-6-5-7-14)12-17(24-25)16-11-15(8-9-19(16)26)23-20(27)13(2)3/h8-9,11-14,26H,4-7,10H2,1-3H3,(H,22,28)(H,23,27). The van der Waals surface area contributed by atoms with E-state index >= 15 is 0 Å². The SMILES string of the molecule is CCCNC(=O)n1nc(-c2cc(NC(=O)C(C)C)ccc2O)cc1C1CCC1. The summed E-state index contributed by atoms with van der Waals surface area (Å²) in [6, 6.07) is 6.50. The molecule has 1 saturated carbocycles. The van der Waals surface area contributed by atoms with Crippen molar-refractivity contribution in [3.8, 4) is 17.0 Å². The minimum atomic E-state index is -0.251. The number of carbonyl (C=O) groups is 2. The van der Waals surface area contributed by atoms with Gasteiger partial charge >= 0.3 is 6.03 Å². The lowest BCUT2D eigenvalue weighted by Crippen LogP contribution is -2.32. The van der Waals surface area contributed by atoms with Gasteiger partial charge in [0.1, 0.15) is 5.75 Å². The van der Waals surface area contributed by atoms with Gasteiger partial charge in [-0.3, -0.25) is 4.79 Å². The first-order chi connectivity index (χ1) is 13.4. The number of hydrogen-bond donors (Lipinski definition) is 3. The van der Waals surface area contributed by atoms with E-state index in [1.807, 2.05) is 26.8 Å². The number of aromatic hydroxyl groups is 1. The topological polar surface area (TPSA) is 96.3 Å². The normalized spacial score (nSPS) is 14.0. The van der Waals surface area contributed by atoms with E-state index in [0.717, 1.165) is 31.4 Å². The summed E-state index contributed by atoms with van der Waals surface area (Å²) in [5.74, 6) is 0.112. The summed E-state index contributed by atoms with van der Waals surface area (Å²) in [5, 5.41) is 20.5. The lowest BCUT2D eigenvalue weighted by Gasteiger charge is -2.25. The summed E-state index contributed by atoms with van der Waals surface area (Å²) in [7, 11) is 0. The summed E-state index contributed by atoms with van der Waals surface area (Å²) < 4.78 is 1.42. The van der Waals surface area contributed by atoms with Crippen molar-refractivity contribution in [2.24, 2.45) is 5.92 Å². The molecule has 3 rings (SSSR count). The van der Waals surface area contributed by atoms with E-state index in [1.54, 1.807) is 12.1 Å². The Bertz CT molecular complexity index is 869. The Kier molecular flexibility index (Phi) is 6.02. The maximum atomic E-state index is 12.6. The Hall–Kier alpha value is -2.83. The zero-order valence-corrected chi connectivity index (χ0v) is 16.7. The Labute approximate surface area is 165 Å². The Morgan fingerprint density at radius 3 is 2.64 bits per heavy atom. The fourth-order valence-corrected chi connectivity index (χ4v) is 3.10. The van der Waals surface area contributed by atoms with Gasteiger partial charge in [-0.1, -0.05) is 27.2 Å². The molecule has 0 unspecified atom stereocenters. The van der Waals surface area contributed by atoms with Gasteiger partial charge in [0, 0.05) is 29.6 Å². The highest BCUT2D eigenvalue weighted by Crippen LogP contribution is 2.39. The van der Waals surface area contributed by atoms with Gasteiger partial charge < -0.3 is 15.7 Å². The molecule has 1 aliphatic rings. The fourth-order valence-electron chi connectivity index (χ4n) is 3.10. The number of aromatic nitrogens is 2. The number of hydrogen-bond acceptors (Lipinski definition) is 4. The molecule has 3 N–H and O–H groups in total. The molecule has 0 aliphatic heterocycles. The molecule has 0 spiro atoms. The average Bonchev–Trinajstić information content (AvgIpc) is 3.04. The van der Waals surface area contributed by atoms with Crippen LogP contribution in [0.1, 0.15) is 58.1 Å². The summed E-state index contributed by atoms with van der Waals surface area (Å²) in [6.07, 6.45) is 4.05. The van der Waals surface area contributed by atoms with Crippen molar-refractivity contribution in [3.63, 3.8) is 0 Å². The maximum Gasteiger partial charge on any atom is 0.342 e. The quantitative estimate of drug-likeness (QED) is 0.654. The second kappa shape index (κ2) is 8.46. The number of amides is 2. The molecule has 0 saturated heterocycles. The van der Waals surface area contributed by atoms with E-state index in [-0.39, 0.29) is 23.6 Å². The fraction of sp³-hybridized carbons (Fsp3) is 0.476. The third-order valence-electron chi connectivity index (χ3n) is 5.04. The number of nitrogens with one attached hydrogen (secondary N) is 2. The molecule has 7 nitrogen and oxygen atoms in total. The number of rotatable bonds is 6. The lowest BCUT2D eigenvalue weighted by atomic mass is 9.82. The largest absolute Gasteiger partial charge is 0.507 e. The molecule has 0 radical (unpaired) electrons. The van der Waals surface area contributed by atoms with Crippen molar-refractivity contribution >= 4 is 17.6 Å². The van der Waals surface area contributed by atoms with Crippen LogP contribution in [-0.2, 0) is 4.79 Å². The van der Waals surface area contributed by atoms with E-state index in [0.29, 0.717) is 29.4 Å². The van der Waals surface area contributed by atoms with E-state index in [2.05, 4.69) is 15.7 Å². The summed E-state index contributed by atoms with van der Waals surface area (Å²) in [6.45, 7) is 6.22. The number of carbonyl (C=O) groups excluding carboxylic acids is 2. The molecule has 1 heterocycles. The van der Waals surface area contributed by atoms with Gasteiger partial charge in [-0.25, -0.2) is 4.79 Å². The van der Waals surface area contributed by atoms with Gasteiger partial charge in [0.2, 0.25) is 5.91 Å². The number of anilines is 1. The van der Waals surface area contributed by atoms with Gasteiger partial charge in [-0.2, -0.15) is 9.78 Å². The van der Waals surface area contributed by atoms with Crippen molar-refractivity contribution in [3.05, 3.63) is 30.0 Å². The van der Waals surface area contributed by atoms with Gasteiger partial charge in [-0.05, 0) is 43.5 Å². The molecule has 1 fully saturated rings. The second-order valence-electron chi connectivity index (χ2n) is 7.60. The molecule has 1 aromatic heterocycles. The first-order valence-corrected chi connectivity index (χ1v) is 9.93. The van der Waals surface area contributed by atoms with Crippen LogP contribution in [0.5, 0.6) is 5.75 Å². The number of benzene rings is 1. The van der Waals surface area contributed by atoms with E-state index in [1.165, 1.54) is 10.7 Å². The second-order valence-corrected chi connectivity index (χ2v) is 7.60. The minimum absolute atomic E-state index is 0.0568. The van der Waals surface area contributed by atoms with Crippen LogP contribution in [-0.4, -0.2) is 33.4 Å². The van der Waals surface area contributed by atoms with Crippen LogP contribution in [0, 0.1) is 5.92 Å². The molecule has 0 bridgehead atoms. The highest BCUT2D eigenvalue weighted by Gasteiger charge is 2.27. The zero-order chi connectivity index (χ0) is 20.3. The minimum Gasteiger partial charge on any atom is -0.507 e. The van der Waals surface area contributed by atoms with Crippen LogP contribution >= 0.6 is 0 Å². The van der Waals surface area contributed by atoms with Crippen LogP contribution in [0.4, 0.5) is 10.5 Å². The molecule has 2 aromatic rings. The maximum absolute atomic E-state index is 12.6. The molecular weight excluding hydrogens is 356 g/mol. The number of phenols is 1. The van der Waals surface area contributed by atoms with Crippen molar-refractivity contribution in [1.82, 2.24) is 15.1 Å². The molecule has 28 heavy (non-hydrogen) atoms. The highest BCUT2D eigenvalue weighted by molar-refractivity contribution is 5.93. The van der Waals surface area contributed by atoms with Crippen LogP contribution in [0.15, 0.2) is 24.3 Å². The molecule has 150 valence electrons. The van der Waals surface area contributed by atoms with Gasteiger partial charge in [0.05, 0.1) is 11.4 Å². The van der Waals surface area contributed by atoms with E-state index in [9.17, 15) is 14.7 Å². The summed E-state index contributed by atoms with van der Waals surface area (Å²) in [4.78, 5) is 24.5. The molecule has 7 heteroatoms. The van der Waals surface area contributed by atoms with Crippen LogP contribution in [0.3, 0.4) is 0 Å². The molecule has 2 amide bonds. The first-order valence-electron chi connectivity index (χ1n) is 9.93. The lowest BCUT2D eigenvalue weighted by molar-refractivity contribution is -0.118. The molecule has 1 aromatic carbocycles. The molecule has 0 atom stereocenters. The predicted molar refractivity (Wildman–Crippen MR) is 108 cm³/mol. The third-order valence-corrected chi connectivity index (χ3v) is 5.04. The molecule has 1 aliphatic carbocycles. The van der Waals surface area contributed by atoms with Gasteiger partial charge in [0.15, 0.2) is 0 Å². The van der Waals surface area contributed by atoms with Crippen molar-refractivity contribution in [2.45, 2.75) is 52.4 Å². The smallest absolute Gasteiger partial charge is 0.342 e. The van der Waals surface area contributed by atoms with Gasteiger partial charge in [-0.15, -0.1) is 0 Å². The monoisotopic (exact) mass is 384 g/mol. The Balaban J connectivity index is 1.95. The van der Waals surface area contributed by atoms with E-state index < -0.39 is 0 Å². The van der Waals surface area contributed by atoms with Crippen molar-refractivity contribution in [2.75, 3.05) is 11.9 Å². The molecular formula is C21H28N4O3. The number of nitrogens with zero attached hydrogens (tertiary/aromatic N) is 2. The van der Waals surface area contributed by atoms with Crippen molar-refractivity contribution < 1.29 is 14.7 Å². The summed E-state index contributed by atoms with van der Waals surface area (Å²) >= 11 is 0. The van der Waals surface area contributed by atoms with Crippen molar-refractivity contribution in [1.29, 1.82) is 0 Å². The zero-order valence-electron chi connectivity index (χ0n) is 16.7. The predicted octanol–water partition coefficient (Wildman–Crippen LogP) is 4.09. The van der Waals surface area contributed by atoms with Crippen LogP contribution in [0.2, 0.25) is 0 Å². The Morgan fingerprint density at radius 2 is 2.04 bits per heavy atom. The van der Waals surface area contributed by atoms with Crippen LogP contribution in [0.25, 0.3) is 11.3 Å². The summed E-state index contributed by atoms with van der Waals surface area (Å²) in [5.41, 5.74) is 2.46. The highest BCUT2D eigenvalue weighted by atomic mass is 16.3. The van der Waals surface area contributed by atoms with E-state index in [4.69, 9.17) is 0 Å².